The number of nitrogens with zero attached hydrogens (tertiary/aromatic N) is 2. The Balaban J connectivity index is 1.63. The van der Waals surface area contributed by atoms with E-state index in [2.05, 4.69) is 23.1 Å². The number of hydrogen-bond acceptors (Lipinski definition) is 12. The van der Waals surface area contributed by atoms with Gasteiger partial charge in [-0.3, -0.25) is 19.6 Å². The van der Waals surface area contributed by atoms with Crippen molar-refractivity contribution in [2.24, 2.45) is 21.3 Å². The highest BCUT2D eigenvalue weighted by molar-refractivity contribution is 6.22. The Hall–Kier alpha value is -5.83. The number of hydrogen-bond donors (Lipinski definition) is 4. The SMILES string of the molecule is C=CC1=C(C)C2=NC1CC1=N/C(=C\c3[nH]c(c(CCC(=O)OCCO)c3C)/C=c3\[nH]c(c(C)c3CC(=C)OOCCO)=C2)C2=CC=C(C(=O)OC)C(C(=O)OC)C21C. The lowest BCUT2D eigenvalue weighted by molar-refractivity contribution is -0.266. The zero-order valence-electron chi connectivity index (χ0n) is 33.7. The van der Waals surface area contributed by atoms with Crippen LogP contribution >= 0.6 is 0 Å². The summed E-state index contributed by atoms with van der Waals surface area (Å²) >= 11 is 0. The van der Waals surface area contributed by atoms with Gasteiger partial charge in [0.2, 0.25) is 0 Å². The molecule has 8 bridgehead atoms. The molecule has 5 heterocycles. The molecule has 0 saturated heterocycles. The molecule has 0 amide bonds. The van der Waals surface area contributed by atoms with Gasteiger partial charge in [0.25, 0.3) is 0 Å². The number of ether oxygens (including phenoxy) is 3. The molecule has 14 nitrogen and oxygen atoms in total. The second-order valence-electron chi connectivity index (χ2n) is 14.6. The third-order valence-corrected chi connectivity index (χ3v) is 11.4. The standard InChI is InChI=1S/C44H50N4O10/c1-9-27-24(3)32-19-33-26(5)30(18-23(2)58-57-17-15-50)36(46-33)21-35-28(11-13-40(51)56-16-14-49)25(4)34(45-35)20-38-31-12-10-29(42(52)54-7)41(43(53)55-8)44(31,6)39(48-38)22-37(27)47-32/h9-10,12,19-21,37,41,45-46,49-50H,1-2,11,13-18,22H2,3-8H3/b33-19?,36-21-,38-20-. The third kappa shape index (κ3) is 7.74. The zero-order chi connectivity index (χ0) is 41.9. The number of allylic oxidation sites excluding steroid dienone is 5. The summed E-state index contributed by atoms with van der Waals surface area (Å²) in [6.07, 6.45) is 12.0. The lowest BCUT2D eigenvalue weighted by Gasteiger charge is -2.38. The maximum absolute atomic E-state index is 13.8. The maximum atomic E-state index is 13.8. The Bertz CT molecular complexity index is 2380. The number of carbonyl (C=O) groups excluding carboxylic acids is 3. The second kappa shape index (κ2) is 17.3. The number of carbonyl (C=O) groups is 3. The quantitative estimate of drug-likeness (QED) is 0.0550. The summed E-state index contributed by atoms with van der Waals surface area (Å²) < 4.78 is 15.7. The topological polar surface area (TPSA) is 194 Å². The molecular weight excluding hydrogens is 745 g/mol. The number of aliphatic hydroxyl groups excluding tert-OH is 2. The number of H-pyrrole nitrogens is 2. The first-order valence-corrected chi connectivity index (χ1v) is 19.1. The molecule has 0 spiro atoms. The molecule has 2 aromatic rings. The summed E-state index contributed by atoms with van der Waals surface area (Å²) in [4.78, 5) is 67.8. The third-order valence-electron chi connectivity index (χ3n) is 11.4. The molecule has 4 N–H and O–H groups in total. The molecule has 58 heavy (non-hydrogen) atoms. The number of fused-ring (bicyclic) bond motifs is 9. The van der Waals surface area contributed by atoms with E-state index < -0.39 is 35.3 Å². The predicted octanol–water partition coefficient (Wildman–Crippen LogP) is 3.39. The molecule has 3 aliphatic heterocycles. The molecule has 14 heteroatoms. The highest BCUT2D eigenvalue weighted by atomic mass is 17.2. The average Bonchev–Trinajstić information content (AvgIpc) is 3.86. The van der Waals surface area contributed by atoms with Crippen LogP contribution < -0.4 is 10.7 Å². The lowest BCUT2D eigenvalue weighted by Crippen LogP contribution is -2.45. The molecule has 2 aromatic heterocycles. The molecule has 4 aliphatic rings. The van der Waals surface area contributed by atoms with Crippen LogP contribution in [-0.2, 0) is 51.2 Å². The van der Waals surface area contributed by atoms with E-state index in [4.69, 9.17) is 34.0 Å². The van der Waals surface area contributed by atoms with Gasteiger partial charge in [0, 0.05) is 47.1 Å². The van der Waals surface area contributed by atoms with Crippen LogP contribution in [0.5, 0.6) is 0 Å². The minimum atomic E-state index is -1.12. The lowest BCUT2D eigenvalue weighted by atomic mass is 9.62. The molecule has 6 rings (SSSR count). The van der Waals surface area contributed by atoms with Gasteiger partial charge in [-0.05, 0) is 91.3 Å². The van der Waals surface area contributed by atoms with Gasteiger partial charge in [0.15, 0.2) is 0 Å². The van der Waals surface area contributed by atoms with E-state index in [0.29, 0.717) is 41.3 Å². The maximum Gasteiger partial charge on any atom is 0.334 e. The summed E-state index contributed by atoms with van der Waals surface area (Å²) in [6, 6.07) is -0.410. The first kappa shape index (κ1) is 41.8. The Morgan fingerprint density at radius 1 is 0.966 bits per heavy atom. The molecule has 0 fully saturated rings. The molecule has 1 aliphatic carbocycles. The second-order valence-corrected chi connectivity index (χ2v) is 14.6. The number of methoxy groups -OCH3 is 2. The minimum absolute atomic E-state index is 0.0148. The number of nitrogens with one attached hydrogen (secondary N) is 2. The summed E-state index contributed by atoms with van der Waals surface area (Å²) in [6.45, 7) is 15.4. The van der Waals surface area contributed by atoms with Crippen LogP contribution in [0, 0.1) is 25.2 Å². The number of esters is 3. The van der Waals surface area contributed by atoms with Gasteiger partial charge in [0.1, 0.15) is 24.9 Å². The van der Waals surface area contributed by atoms with Crippen molar-refractivity contribution in [3.05, 3.63) is 109 Å². The van der Waals surface area contributed by atoms with Crippen molar-refractivity contribution in [3.63, 3.8) is 0 Å². The molecule has 0 aromatic carbocycles. The van der Waals surface area contributed by atoms with E-state index in [1.807, 2.05) is 52.0 Å². The molecule has 3 unspecified atom stereocenters. The Morgan fingerprint density at radius 3 is 2.41 bits per heavy atom. The van der Waals surface area contributed by atoms with Gasteiger partial charge in [0.05, 0.1) is 55.9 Å². The average molecular weight is 795 g/mol. The van der Waals surface area contributed by atoms with Crippen LogP contribution in [0.25, 0.3) is 18.2 Å². The van der Waals surface area contributed by atoms with Gasteiger partial charge >= 0.3 is 17.9 Å². The smallest absolute Gasteiger partial charge is 0.334 e. The number of aliphatic hydroxyl groups is 2. The highest BCUT2D eigenvalue weighted by Gasteiger charge is 2.55. The van der Waals surface area contributed by atoms with Crippen LogP contribution in [0.4, 0.5) is 0 Å². The van der Waals surface area contributed by atoms with E-state index in [-0.39, 0.29) is 44.8 Å². The van der Waals surface area contributed by atoms with Crippen LogP contribution in [0.15, 0.2) is 75.1 Å². The molecule has 306 valence electrons. The van der Waals surface area contributed by atoms with Gasteiger partial charge in [-0.15, -0.1) is 0 Å². The number of aromatic nitrogens is 2. The number of aromatic amines is 2. The zero-order valence-corrected chi connectivity index (χ0v) is 33.7. The fourth-order valence-electron chi connectivity index (χ4n) is 8.27. The van der Waals surface area contributed by atoms with Gasteiger partial charge in [-0.2, -0.15) is 4.89 Å². The summed E-state index contributed by atoms with van der Waals surface area (Å²) in [5.74, 6) is -2.42. The summed E-state index contributed by atoms with van der Waals surface area (Å²) in [7, 11) is 2.57. The van der Waals surface area contributed by atoms with E-state index in [9.17, 15) is 24.6 Å². The van der Waals surface area contributed by atoms with E-state index in [1.54, 1.807) is 12.2 Å². The van der Waals surface area contributed by atoms with E-state index >= 15 is 0 Å². The minimum Gasteiger partial charge on any atom is -0.469 e. The molecule has 0 radical (unpaired) electrons. The molecule has 0 saturated carbocycles. The van der Waals surface area contributed by atoms with Crippen molar-refractivity contribution in [2.45, 2.75) is 59.4 Å². The predicted molar refractivity (Wildman–Crippen MR) is 218 cm³/mol. The van der Waals surface area contributed by atoms with Crippen LogP contribution in [0.2, 0.25) is 0 Å². The summed E-state index contributed by atoms with van der Waals surface area (Å²) in [5.41, 5.74) is 8.45. The van der Waals surface area contributed by atoms with Crippen molar-refractivity contribution in [3.8, 4) is 0 Å². The first-order valence-electron chi connectivity index (χ1n) is 19.1. The van der Waals surface area contributed by atoms with Gasteiger partial charge in [-0.1, -0.05) is 31.4 Å². The van der Waals surface area contributed by atoms with Crippen molar-refractivity contribution in [1.29, 1.82) is 0 Å². The summed E-state index contributed by atoms with van der Waals surface area (Å²) in [5, 5.41) is 19.9. The number of aliphatic imine (C=N–C) groups is 2. The fourth-order valence-corrected chi connectivity index (χ4v) is 8.27. The normalized spacial score (nSPS) is 22.1. The fraction of sp³-hybridized carbons (Fsp3) is 0.386. The molecule has 3 atom stereocenters. The van der Waals surface area contributed by atoms with Crippen LogP contribution in [0.3, 0.4) is 0 Å². The number of rotatable bonds is 14. The monoisotopic (exact) mass is 794 g/mol. The van der Waals surface area contributed by atoms with Crippen molar-refractivity contribution in [1.82, 2.24) is 9.97 Å². The Morgan fingerprint density at radius 2 is 1.72 bits per heavy atom. The first-order chi connectivity index (χ1) is 27.8. The van der Waals surface area contributed by atoms with Crippen molar-refractivity contribution in [2.75, 3.05) is 40.6 Å². The van der Waals surface area contributed by atoms with Crippen molar-refractivity contribution >= 4 is 47.6 Å². The van der Waals surface area contributed by atoms with Gasteiger partial charge < -0.3 is 39.3 Å². The van der Waals surface area contributed by atoms with Crippen LogP contribution in [0.1, 0.15) is 60.3 Å². The Labute approximate surface area is 336 Å². The van der Waals surface area contributed by atoms with Crippen molar-refractivity contribution < 1.29 is 48.6 Å². The van der Waals surface area contributed by atoms with Gasteiger partial charge in [-0.25, -0.2) is 4.79 Å². The largest absolute Gasteiger partial charge is 0.469 e. The molecular formula is C44H50N4O10. The van der Waals surface area contributed by atoms with Crippen LogP contribution in [-0.4, -0.2) is 96.2 Å². The van der Waals surface area contributed by atoms with E-state index in [0.717, 1.165) is 55.5 Å². The highest BCUT2D eigenvalue weighted by Crippen LogP contribution is 2.53. The Kier molecular flexibility index (Phi) is 12.5. The van der Waals surface area contributed by atoms with E-state index in [1.165, 1.54) is 14.2 Å².